The van der Waals surface area contributed by atoms with Crippen LogP contribution in [0.5, 0.6) is 0 Å². The Balaban J connectivity index is 2.07. The minimum Gasteiger partial charge on any atom is -0.295 e. The molecule has 3 heteroatoms. The number of hydrogen-bond donors (Lipinski definition) is 1. The quantitative estimate of drug-likeness (QED) is 0.906. The van der Waals surface area contributed by atoms with Crippen molar-refractivity contribution >= 4 is 15.9 Å². The number of benzene rings is 1. The molecule has 1 N–H and O–H groups in total. The summed E-state index contributed by atoms with van der Waals surface area (Å²) in [5.74, 6) is 0. The number of halogens is 1. The largest absolute Gasteiger partial charge is 0.295 e. The zero-order valence-electron chi connectivity index (χ0n) is 10.7. The van der Waals surface area contributed by atoms with Gasteiger partial charge in [-0.2, -0.15) is 5.26 Å². The van der Waals surface area contributed by atoms with Crippen LogP contribution in [0.2, 0.25) is 0 Å². The third-order valence-corrected chi connectivity index (χ3v) is 4.52. The molecule has 1 aromatic carbocycles. The number of nitrogens with zero attached hydrogens (tertiary/aromatic N) is 1. The van der Waals surface area contributed by atoms with Crippen molar-refractivity contribution in [2.75, 3.05) is 0 Å². The first-order valence-corrected chi connectivity index (χ1v) is 7.41. The van der Waals surface area contributed by atoms with Gasteiger partial charge in [0.15, 0.2) is 0 Å². The van der Waals surface area contributed by atoms with E-state index >= 15 is 0 Å². The minimum absolute atomic E-state index is 0.190. The average Bonchev–Trinajstić information content (AvgIpc) is 2.40. The summed E-state index contributed by atoms with van der Waals surface area (Å²) in [6, 6.07) is 8.86. The van der Waals surface area contributed by atoms with Gasteiger partial charge in [0.2, 0.25) is 0 Å². The number of nitrogens with one attached hydrogen (secondary N) is 1. The summed E-state index contributed by atoms with van der Waals surface area (Å²) in [6.07, 6.45) is 6.31. The highest BCUT2D eigenvalue weighted by Gasteiger charge is 2.19. The Morgan fingerprint density at radius 3 is 2.67 bits per heavy atom. The van der Waals surface area contributed by atoms with Crippen molar-refractivity contribution in [1.82, 2.24) is 5.32 Å². The van der Waals surface area contributed by atoms with Gasteiger partial charge in [0, 0.05) is 10.5 Å². The third kappa shape index (κ3) is 3.34. The monoisotopic (exact) mass is 306 g/mol. The van der Waals surface area contributed by atoms with Gasteiger partial charge >= 0.3 is 0 Å². The lowest BCUT2D eigenvalue weighted by atomic mass is 9.94. The number of aryl methyl sites for hydroxylation is 1. The first kappa shape index (κ1) is 13.6. The summed E-state index contributed by atoms with van der Waals surface area (Å²) < 4.78 is 1.07. The maximum atomic E-state index is 9.34. The van der Waals surface area contributed by atoms with Gasteiger partial charge in [0.1, 0.15) is 6.04 Å². The summed E-state index contributed by atoms with van der Waals surface area (Å²) >= 11 is 3.53. The Bertz CT molecular complexity index is 444. The maximum Gasteiger partial charge on any atom is 0.121 e. The van der Waals surface area contributed by atoms with Gasteiger partial charge in [-0.05, 0) is 37.0 Å². The van der Waals surface area contributed by atoms with Crippen LogP contribution in [-0.2, 0) is 0 Å². The van der Waals surface area contributed by atoms with Crippen molar-refractivity contribution < 1.29 is 0 Å². The predicted molar refractivity (Wildman–Crippen MR) is 77.2 cm³/mol. The molecule has 2 rings (SSSR count). The fraction of sp³-hybridized carbons (Fsp3) is 0.533. The molecule has 0 aromatic heterocycles. The molecule has 1 saturated carbocycles. The molecule has 1 fully saturated rings. The zero-order chi connectivity index (χ0) is 13.0. The van der Waals surface area contributed by atoms with Crippen molar-refractivity contribution in [2.45, 2.75) is 51.1 Å². The molecule has 18 heavy (non-hydrogen) atoms. The first-order valence-electron chi connectivity index (χ1n) is 6.62. The Morgan fingerprint density at radius 2 is 2.06 bits per heavy atom. The molecule has 1 aliphatic rings. The zero-order valence-corrected chi connectivity index (χ0v) is 12.3. The van der Waals surface area contributed by atoms with Crippen molar-refractivity contribution in [3.63, 3.8) is 0 Å². The van der Waals surface area contributed by atoms with Gasteiger partial charge in [0.05, 0.1) is 6.07 Å². The smallest absolute Gasteiger partial charge is 0.121 e. The van der Waals surface area contributed by atoms with E-state index in [1.165, 1.54) is 37.7 Å². The highest BCUT2D eigenvalue weighted by Crippen LogP contribution is 2.24. The SMILES string of the molecule is Cc1ccc(C(C#N)NC2CCCCC2)cc1Br. The van der Waals surface area contributed by atoms with Gasteiger partial charge in [-0.25, -0.2) is 0 Å². The molecule has 1 aromatic rings. The Kier molecular flexibility index (Phi) is 4.79. The van der Waals surface area contributed by atoms with Crippen LogP contribution in [-0.4, -0.2) is 6.04 Å². The maximum absolute atomic E-state index is 9.34. The minimum atomic E-state index is -0.190. The highest BCUT2D eigenvalue weighted by molar-refractivity contribution is 9.10. The van der Waals surface area contributed by atoms with Crippen LogP contribution in [0.15, 0.2) is 22.7 Å². The van der Waals surface area contributed by atoms with E-state index in [-0.39, 0.29) is 6.04 Å². The van der Waals surface area contributed by atoms with Crippen LogP contribution in [0.25, 0.3) is 0 Å². The highest BCUT2D eigenvalue weighted by atomic mass is 79.9. The summed E-state index contributed by atoms with van der Waals surface area (Å²) in [5.41, 5.74) is 2.26. The van der Waals surface area contributed by atoms with Crippen LogP contribution < -0.4 is 5.32 Å². The fourth-order valence-corrected chi connectivity index (χ4v) is 2.90. The molecule has 0 saturated heterocycles. The van der Waals surface area contributed by atoms with Crippen molar-refractivity contribution in [3.8, 4) is 6.07 Å². The van der Waals surface area contributed by atoms with E-state index < -0.39 is 0 Å². The topological polar surface area (TPSA) is 35.8 Å². The van der Waals surface area contributed by atoms with E-state index in [0.717, 1.165) is 10.0 Å². The van der Waals surface area contributed by atoms with E-state index in [2.05, 4.69) is 46.4 Å². The molecule has 2 nitrogen and oxygen atoms in total. The van der Waals surface area contributed by atoms with E-state index in [0.29, 0.717) is 6.04 Å². The van der Waals surface area contributed by atoms with Crippen LogP contribution >= 0.6 is 15.9 Å². The van der Waals surface area contributed by atoms with E-state index in [1.54, 1.807) is 0 Å². The Morgan fingerprint density at radius 1 is 1.33 bits per heavy atom. The van der Waals surface area contributed by atoms with E-state index in [9.17, 15) is 5.26 Å². The van der Waals surface area contributed by atoms with Gasteiger partial charge in [0.25, 0.3) is 0 Å². The Labute approximate surface area is 118 Å². The van der Waals surface area contributed by atoms with Gasteiger partial charge < -0.3 is 0 Å². The predicted octanol–water partition coefficient (Wildman–Crippen LogP) is 4.24. The van der Waals surface area contributed by atoms with Gasteiger partial charge in [-0.1, -0.05) is 47.3 Å². The van der Waals surface area contributed by atoms with E-state index in [4.69, 9.17) is 0 Å². The number of rotatable bonds is 3. The second-order valence-corrected chi connectivity index (χ2v) is 5.93. The molecule has 96 valence electrons. The molecule has 0 spiro atoms. The van der Waals surface area contributed by atoms with Crippen molar-refractivity contribution in [1.29, 1.82) is 5.26 Å². The molecule has 0 aliphatic heterocycles. The lowest BCUT2D eigenvalue weighted by Gasteiger charge is -2.25. The molecule has 0 radical (unpaired) electrons. The van der Waals surface area contributed by atoms with Gasteiger partial charge in [-0.15, -0.1) is 0 Å². The molecule has 1 unspecified atom stereocenters. The van der Waals surface area contributed by atoms with Crippen LogP contribution in [0.3, 0.4) is 0 Å². The second-order valence-electron chi connectivity index (χ2n) is 5.07. The van der Waals surface area contributed by atoms with E-state index in [1.807, 2.05) is 6.07 Å². The van der Waals surface area contributed by atoms with Crippen LogP contribution in [0.1, 0.15) is 49.3 Å². The summed E-state index contributed by atoms with van der Waals surface area (Å²) in [6.45, 7) is 2.06. The molecular weight excluding hydrogens is 288 g/mol. The van der Waals surface area contributed by atoms with Crippen LogP contribution in [0.4, 0.5) is 0 Å². The molecule has 1 aliphatic carbocycles. The number of hydrogen-bond acceptors (Lipinski definition) is 2. The Hall–Kier alpha value is -0.850. The summed E-state index contributed by atoms with van der Waals surface area (Å²) in [4.78, 5) is 0. The lowest BCUT2D eigenvalue weighted by Crippen LogP contribution is -2.33. The molecule has 1 atom stereocenters. The lowest BCUT2D eigenvalue weighted by molar-refractivity contribution is 0.360. The molecule has 0 amide bonds. The fourth-order valence-electron chi connectivity index (χ4n) is 2.50. The molecule has 0 bridgehead atoms. The second kappa shape index (κ2) is 6.36. The number of nitriles is 1. The average molecular weight is 307 g/mol. The third-order valence-electron chi connectivity index (χ3n) is 3.67. The van der Waals surface area contributed by atoms with Gasteiger partial charge in [-0.3, -0.25) is 5.32 Å². The normalized spacial score (nSPS) is 18.3. The first-order chi connectivity index (χ1) is 8.70. The molecular formula is C15H19BrN2. The standard InChI is InChI=1S/C15H19BrN2/c1-11-7-8-12(9-14(11)16)15(10-17)18-13-5-3-2-4-6-13/h7-9,13,15,18H,2-6H2,1H3. The molecule has 0 heterocycles. The van der Waals surface area contributed by atoms with Crippen LogP contribution in [0, 0.1) is 18.3 Å². The summed E-state index contributed by atoms with van der Waals surface area (Å²) in [5, 5.41) is 12.8. The summed E-state index contributed by atoms with van der Waals surface area (Å²) in [7, 11) is 0. The van der Waals surface area contributed by atoms with Crippen molar-refractivity contribution in [3.05, 3.63) is 33.8 Å². The van der Waals surface area contributed by atoms with Crippen molar-refractivity contribution in [2.24, 2.45) is 0 Å².